The van der Waals surface area contributed by atoms with Gasteiger partial charge in [-0.1, -0.05) is 17.3 Å². The van der Waals surface area contributed by atoms with Gasteiger partial charge in [-0.25, -0.2) is 4.39 Å². The molecular formula is C10H6FNO2. The topological polar surface area (TPSA) is 43.1 Å². The van der Waals surface area contributed by atoms with Gasteiger partial charge in [-0.05, 0) is 12.1 Å². The molecule has 0 saturated carbocycles. The van der Waals surface area contributed by atoms with Crippen molar-refractivity contribution in [2.45, 2.75) is 0 Å². The Balaban J connectivity index is 2.54. The Labute approximate surface area is 79.1 Å². The predicted molar refractivity (Wildman–Crippen MR) is 47.3 cm³/mol. The first-order valence-electron chi connectivity index (χ1n) is 3.97. The number of carbonyl (C=O) groups excluding carboxylic acids is 1. The molecule has 14 heavy (non-hydrogen) atoms. The second-order valence-electron chi connectivity index (χ2n) is 2.75. The predicted octanol–water partition coefficient (Wildman–Crippen LogP) is 2.29. The third kappa shape index (κ3) is 1.42. The van der Waals surface area contributed by atoms with Crippen LogP contribution in [0.1, 0.15) is 10.4 Å². The van der Waals surface area contributed by atoms with Crippen LogP contribution in [0.4, 0.5) is 4.39 Å². The Bertz CT molecular complexity index is 465. The van der Waals surface area contributed by atoms with Crippen LogP contribution in [-0.4, -0.2) is 11.4 Å². The van der Waals surface area contributed by atoms with Crippen molar-refractivity contribution in [3.8, 4) is 11.3 Å². The number of hydrogen-bond acceptors (Lipinski definition) is 3. The van der Waals surface area contributed by atoms with Gasteiger partial charge in [0.1, 0.15) is 17.8 Å². The molecule has 0 atom stereocenters. The summed E-state index contributed by atoms with van der Waals surface area (Å²) in [7, 11) is 0. The van der Waals surface area contributed by atoms with Gasteiger partial charge in [0.25, 0.3) is 0 Å². The van der Waals surface area contributed by atoms with Gasteiger partial charge in [0.2, 0.25) is 0 Å². The summed E-state index contributed by atoms with van der Waals surface area (Å²) in [6, 6.07) is 5.83. The maximum Gasteiger partial charge on any atom is 0.155 e. The van der Waals surface area contributed by atoms with Gasteiger partial charge >= 0.3 is 0 Å². The molecule has 0 bridgehead atoms. The van der Waals surface area contributed by atoms with Crippen LogP contribution < -0.4 is 0 Å². The van der Waals surface area contributed by atoms with Gasteiger partial charge in [-0.15, -0.1) is 0 Å². The Morgan fingerprint density at radius 2 is 2.29 bits per heavy atom. The minimum Gasteiger partial charge on any atom is -0.363 e. The molecule has 0 fully saturated rings. The molecular weight excluding hydrogens is 185 g/mol. The minimum absolute atomic E-state index is 0.315. The van der Waals surface area contributed by atoms with Crippen LogP contribution in [0.2, 0.25) is 0 Å². The van der Waals surface area contributed by atoms with Crippen molar-refractivity contribution in [2.75, 3.05) is 0 Å². The first kappa shape index (κ1) is 8.62. The van der Waals surface area contributed by atoms with Crippen LogP contribution in [0.3, 0.4) is 0 Å². The van der Waals surface area contributed by atoms with Gasteiger partial charge < -0.3 is 4.52 Å². The molecule has 2 rings (SSSR count). The van der Waals surface area contributed by atoms with Crippen LogP contribution in [0.25, 0.3) is 11.3 Å². The quantitative estimate of drug-likeness (QED) is 0.684. The summed E-state index contributed by atoms with van der Waals surface area (Å²) in [5.74, 6) is -0.373. The fourth-order valence-electron chi connectivity index (χ4n) is 1.18. The van der Waals surface area contributed by atoms with E-state index in [9.17, 15) is 9.18 Å². The number of benzene rings is 1. The maximum atomic E-state index is 12.8. The van der Waals surface area contributed by atoms with Crippen LogP contribution >= 0.6 is 0 Å². The van der Waals surface area contributed by atoms with E-state index in [1.807, 2.05) is 0 Å². The molecule has 0 N–H and O–H groups in total. The largest absolute Gasteiger partial charge is 0.363 e. The highest BCUT2D eigenvalue weighted by molar-refractivity contribution is 5.84. The lowest BCUT2D eigenvalue weighted by Gasteiger charge is -1.95. The molecule has 4 heteroatoms. The summed E-state index contributed by atoms with van der Waals surface area (Å²) in [4.78, 5) is 10.6. The minimum atomic E-state index is -0.373. The van der Waals surface area contributed by atoms with Crippen molar-refractivity contribution in [1.29, 1.82) is 0 Å². The summed E-state index contributed by atoms with van der Waals surface area (Å²) >= 11 is 0. The Hall–Kier alpha value is -1.97. The second-order valence-corrected chi connectivity index (χ2v) is 2.75. The highest BCUT2D eigenvalue weighted by Gasteiger charge is 2.09. The Morgan fingerprint density at radius 1 is 1.43 bits per heavy atom. The summed E-state index contributed by atoms with van der Waals surface area (Å²) in [6.07, 6.45) is 1.85. The average molecular weight is 191 g/mol. The third-order valence-corrected chi connectivity index (χ3v) is 1.82. The molecule has 1 aromatic heterocycles. The average Bonchev–Trinajstić information content (AvgIpc) is 2.65. The van der Waals surface area contributed by atoms with E-state index >= 15 is 0 Å². The number of aromatic nitrogens is 1. The van der Waals surface area contributed by atoms with Crippen molar-refractivity contribution in [3.63, 3.8) is 0 Å². The highest BCUT2D eigenvalue weighted by atomic mass is 19.1. The number of rotatable bonds is 2. The fraction of sp³-hybridized carbons (Fsp3) is 0. The van der Waals surface area contributed by atoms with Crippen LogP contribution in [0, 0.1) is 5.82 Å². The van der Waals surface area contributed by atoms with Crippen LogP contribution in [-0.2, 0) is 0 Å². The lowest BCUT2D eigenvalue weighted by molar-refractivity contribution is 0.112. The summed E-state index contributed by atoms with van der Waals surface area (Å²) in [5, 5.41) is 3.63. The SMILES string of the molecule is O=Cc1conc1-c1cccc(F)c1. The molecule has 0 aliphatic rings. The first-order chi connectivity index (χ1) is 6.81. The number of hydrogen-bond donors (Lipinski definition) is 0. The van der Waals surface area contributed by atoms with E-state index in [4.69, 9.17) is 0 Å². The van der Waals surface area contributed by atoms with Gasteiger partial charge in [-0.3, -0.25) is 4.79 Å². The second kappa shape index (κ2) is 3.41. The molecule has 0 unspecified atom stereocenters. The van der Waals surface area contributed by atoms with Crippen molar-refractivity contribution >= 4 is 6.29 Å². The lowest BCUT2D eigenvalue weighted by Crippen LogP contribution is -1.84. The van der Waals surface area contributed by atoms with Gasteiger partial charge in [-0.2, -0.15) is 0 Å². The molecule has 0 saturated heterocycles. The zero-order valence-corrected chi connectivity index (χ0v) is 7.11. The van der Waals surface area contributed by atoms with E-state index in [1.165, 1.54) is 18.4 Å². The number of aldehydes is 1. The van der Waals surface area contributed by atoms with E-state index < -0.39 is 0 Å². The summed E-state index contributed by atoms with van der Waals surface area (Å²) in [6.45, 7) is 0. The molecule has 0 spiro atoms. The maximum absolute atomic E-state index is 12.8. The monoisotopic (exact) mass is 191 g/mol. The van der Waals surface area contributed by atoms with E-state index in [1.54, 1.807) is 12.1 Å². The van der Waals surface area contributed by atoms with E-state index in [0.717, 1.165) is 0 Å². The summed E-state index contributed by atoms with van der Waals surface area (Å²) < 4.78 is 17.5. The van der Waals surface area contributed by atoms with E-state index in [0.29, 0.717) is 23.1 Å². The molecule has 0 aliphatic heterocycles. The lowest BCUT2D eigenvalue weighted by atomic mass is 10.1. The van der Waals surface area contributed by atoms with Crippen molar-refractivity contribution in [1.82, 2.24) is 5.16 Å². The normalized spacial score (nSPS) is 10.1. The summed E-state index contributed by atoms with van der Waals surface area (Å²) in [5.41, 5.74) is 1.20. The third-order valence-electron chi connectivity index (χ3n) is 1.82. The highest BCUT2D eigenvalue weighted by Crippen LogP contribution is 2.21. The molecule has 1 heterocycles. The molecule has 1 aromatic carbocycles. The molecule has 70 valence electrons. The van der Waals surface area contributed by atoms with Gasteiger partial charge in [0.15, 0.2) is 6.29 Å². The fourth-order valence-corrected chi connectivity index (χ4v) is 1.18. The van der Waals surface area contributed by atoms with Crippen LogP contribution in [0.15, 0.2) is 35.1 Å². The van der Waals surface area contributed by atoms with Gasteiger partial charge in [0, 0.05) is 5.56 Å². The zero-order chi connectivity index (χ0) is 9.97. The Morgan fingerprint density at radius 3 is 3.00 bits per heavy atom. The van der Waals surface area contributed by atoms with Crippen molar-refractivity contribution in [3.05, 3.63) is 41.9 Å². The number of halogens is 1. The van der Waals surface area contributed by atoms with Crippen molar-refractivity contribution in [2.24, 2.45) is 0 Å². The standard InChI is InChI=1S/C10H6FNO2/c11-9-3-1-2-7(4-9)10-8(5-13)6-14-12-10/h1-6H. The molecule has 0 aliphatic carbocycles. The first-order valence-corrected chi connectivity index (χ1v) is 3.97. The molecule has 0 radical (unpaired) electrons. The number of nitrogens with zero attached hydrogens (tertiary/aromatic N) is 1. The van der Waals surface area contributed by atoms with E-state index in [2.05, 4.69) is 9.68 Å². The molecule has 3 nitrogen and oxygen atoms in total. The van der Waals surface area contributed by atoms with Crippen LogP contribution in [0.5, 0.6) is 0 Å². The number of carbonyl (C=O) groups is 1. The smallest absolute Gasteiger partial charge is 0.155 e. The molecule has 2 aromatic rings. The van der Waals surface area contributed by atoms with Crippen molar-refractivity contribution < 1.29 is 13.7 Å². The van der Waals surface area contributed by atoms with Gasteiger partial charge in [0.05, 0.1) is 5.56 Å². The van der Waals surface area contributed by atoms with E-state index in [-0.39, 0.29) is 5.82 Å². The zero-order valence-electron chi connectivity index (χ0n) is 7.11. The molecule has 0 amide bonds. The Kier molecular flexibility index (Phi) is 2.10.